The summed E-state index contributed by atoms with van der Waals surface area (Å²) in [4.78, 5) is 13.3. The summed E-state index contributed by atoms with van der Waals surface area (Å²) in [6, 6.07) is 2.13. The fourth-order valence-corrected chi connectivity index (χ4v) is 4.72. The molecule has 2 saturated heterocycles. The van der Waals surface area contributed by atoms with Crippen molar-refractivity contribution in [1.82, 2.24) is 5.32 Å². The Morgan fingerprint density at radius 2 is 1.96 bits per heavy atom. The number of amides is 1. The van der Waals surface area contributed by atoms with E-state index in [1.54, 1.807) is 4.90 Å². The lowest BCUT2D eigenvalue weighted by Crippen LogP contribution is -2.63. The van der Waals surface area contributed by atoms with Crippen LogP contribution in [0.4, 0.5) is 20.2 Å². The molecule has 1 aromatic carbocycles. The van der Waals surface area contributed by atoms with Crippen LogP contribution in [0.3, 0.4) is 0 Å². The Kier molecular flexibility index (Phi) is 6.07. The first-order chi connectivity index (χ1) is 12.9. The fourth-order valence-electron chi connectivity index (χ4n) is 3.58. The lowest BCUT2D eigenvalue weighted by Gasteiger charge is -2.56. The number of rotatable bonds is 7. The first-order valence-electron chi connectivity index (χ1n) is 9.11. The highest BCUT2D eigenvalue weighted by Crippen LogP contribution is 2.47. The smallest absolute Gasteiger partial charge is 0.223 e. The summed E-state index contributed by atoms with van der Waals surface area (Å²) < 4.78 is 28.9. The minimum atomic E-state index is -1.06. The molecule has 3 aliphatic rings. The molecule has 28 heavy (non-hydrogen) atoms. The second-order valence-electron chi connectivity index (χ2n) is 7.86. The zero-order valence-corrected chi connectivity index (χ0v) is 15.6. The van der Waals surface area contributed by atoms with E-state index in [4.69, 9.17) is 0 Å². The molecular weight excluding hydrogens is 388 g/mol. The second kappa shape index (κ2) is 8.04. The molecule has 4 rings (SSSR count). The fraction of sp³-hybridized carbons (Fsp3) is 0.632. The summed E-state index contributed by atoms with van der Waals surface area (Å²) in [5.74, 6) is 0.508. The van der Waals surface area contributed by atoms with E-state index in [1.807, 2.05) is 11.8 Å². The number of hydroxylamine groups is 1. The molecule has 0 radical (unpaired) electrons. The SMILES string of the molecule is C.O=C(NC[C@H](O)CN(O)c1cc(F)c(N2CC3(CSC3)C2)c(F)c1)C1CC1.[HH]. The molecular formula is C19H29F2N3O3S. The summed E-state index contributed by atoms with van der Waals surface area (Å²) in [6.45, 7) is 1.00. The topological polar surface area (TPSA) is 76.0 Å². The first-order valence-corrected chi connectivity index (χ1v) is 10.3. The number of nitrogens with zero attached hydrogens (tertiary/aromatic N) is 2. The van der Waals surface area contributed by atoms with Crippen molar-refractivity contribution in [3.05, 3.63) is 23.8 Å². The highest BCUT2D eigenvalue weighted by Gasteiger charge is 2.49. The zero-order valence-electron chi connectivity index (χ0n) is 14.8. The Labute approximate surface area is 169 Å². The zero-order chi connectivity index (χ0) is 19.2. The lowest BCUT2D eigenvalue weighted by atomic mass is 9.82. The van der Waals surface area contributed by atoms with Crippen molar-refractivity contribution in [3.63, 3.8) is 0 Å². The average Bonchev–Trinajstić information content (AvgIpc) is 3.36. The molecule has 0 aromatic heterocycles. The lowest BCUT2D eigenvalue weighted by molar-refractivity contribution is -0.122. The number of benzene rings is 1. The Morgan fingerprint density at radius 1 is 1.36 bits per heavy atom. The summed E-state index contributed by atoms with van der Waals surface area (Å²) in [7, 11) is 0. The summed E-state index contributed by atoms with van der Waals surface area (Å²) in [5, 5.41) is 23.2. The largest absolute Gasteiger partial charge is 0.389 e. The van der Waals surface area contributed by atoms with E-state index in [-0.39, 0.29) is 50.6 Å². The molecule has 0 unspecified atom stereocenters. The van der Waals surface area contributed by atoms with Crippen LogP contribution in [0, 0.1) is 23.0 Å². The quantitative estimate of drug-likeness (QED) is 0.592. The van der Waals surface area contributed by atoms with Crippen molar-refractivity contribution in [2.75, 3.05) is 47.6 Å². The molecule has 2 heterocycles. The molecule has 2 aliphatic heterocycles. The molecule has 1 aliphatic carbocycles. The Bertz CT molecular complexity index is 718. The van der Waals surface area contributed by atoms with Gasteiger partial charge >= 0.3 is 0 Å². The number of nitrogens with one attached hydrogen (secondary N) is 1. The van der Waals surface area contributed by atoms with Crippen LogP contribution < -0.4 is 15.3 Å². The van der Waals surface area contributed by atoms with E-state index in [0.717, 1.165) is 36.5 Å². The standard InChI is InChI=1S/C18H23F2N3O3S.CH4.H2/c19-14-3-12(23(26)6-13(24)5-21-17(25)11-1-2-11)4-15(20)16(14)22-7-18(8-22)9-27-10-18;;/h3-4,11,13,24,26H,1-2,5-10H2,(H,21,25);1H4;1H/t13-;;/m0../s1. The van der Waals surface area contributed by atoms with Gasteiger partial charge in [0.05, 0.1) is 18.3 Å². The number of aliphatic hydroxyl groups is 1. The number of anilines is 2. The highest BCUT2D eigenvalue weighted by atomic mass is 32.2. The summed E-state index contributed by atoms with van der Waals surface area (Å²) >= 11 is 1.84. The third-order valence-corrected chi connectivity index (χ3v) is 6.96. The number of hydrogen-bond acceptors (Lipinski definition) is 6. The van der Waals surface area contributed by atoms with Gasteiger partial charge in [-0.05, 0) is 12.8 Å². The van der Waals surface area contributed by atoms with Crippen molar-refractivity contribution < 1.29 is 25.3 Å². The maximum Gasteiger partial charge on any atom is 0.223 e. The molecule has 1 atom stereocenters. The number of aliphatic hydroxyl groups excluding tert-OH is 1. The summed E-state index contributed by atoms with van der Waals surface area (Å²) in [6.07, 6.45) is 0.654. The van der Waals surface area contributed by atoms with Gasteiger partial charge in [-0.15, -0.1) is 0 Å². The van der Waals surface area contributed by atoms with Gasteiger partial charge in [-0.2, -0.15) is 11.8 Å². The highest BCUT2D eigenvalue weighted by molar-refractivity contribution is 8.00. The van der Waals surface area contributed by atoms with Gasteiger partial charge in [0.2, 0.25) is 5.91 Å². The van der Waals surface area contributed by atoms with Crippen molar-refractivity contribution in [1.29, 1.82) is 0 Å². The van der Waals surface area contributed by atoms with Crippen LogP contribution in [0.2, 0.25) is 0 Å². The number of hydrogen-bond donors (Lipinski definition) is 3. The number of halogens is 2. The van der Waals surface area contributed by atoms with E-state index in [0.29, 0.717) is 18.2 Å². The molecule has 1 amide bonds. The molecule has 9 heteroatoms. The van der Waals surface area contributed by atoms with Crippen LogP contribution >= 0.6 is 11.8 Å². The Morgan fingerprint density at radius 3 is 2.46 bits per heavy atom. The van der Waals surface area contributed by atoms with Crippen molar-refractivity contribution in [3.8, 4) is 0 Å². The third-order valence-electron chi connectivity index (χ3n) is 5.33. The van der Waals surface area contributed by atoms with E-state index < -0.39 is 17.7 Å². The van der Waals surface area contributed by atoms with Crippen LogP contribution in [0.25, 0.3) is 0 Å². The van der Waals surface area contributed by atoms with Crippen molar-refractivity contribution in [2.45, 2.75) is 26.4 Å². The molecule has 1 saturated carbocycles. The number of thioether (sulfide) groups is 1. The van der Waals surface area contributed by atoms with Crippen molar-refractivity contribution >= 4 is 29.0 Å². The molecule has 6 nitrogen and oxygen atoms in total. The molecule has 158 valence electrons. The third kappa shape index (κ3) is 4.21. The van der Waals surface area contributed by atoms with Crippen LogP contribution in [-0.2, 0) is 4.79 Å². The Balaban J connectivity index is 0.00000150. The molecule has 0 bridgehead atoms. The van der Waals surface area contributed by atoms with Gasteiger partial charge in [0.15, 0.2) is 11.6 Å². The Hall–Kier alpha value is -1.58. The summed E-state index contributed by atoms with van der Waals surface area (Å²) in [5.41, 5.74) is 0.0722. The molecule has 1 aromatic rings. The van der Waals surface area contributed by atoms with E-state index in [1.165, 1.54) is 0 Å². The second-order valence-corrected chi connectivity index (χ2v) is 8.85. The van der Waals surface area contributed by atoms with E-state index in [2.05, 4.69) is 5.32 Å². The predicted octanol–water partition coefficient (Wildman–Crippen LogP) is 2.48. The van der Waals surface area contributed by atoms with Gasteiger partial charge in [0.1, 0.15) is 5.69 Å². The van der Waals surface area contributed by atoms with Gasteiger partial charge in [0.25, 0.3) is 0 Å². The minimum absolute atomic E-state index is 0. The van der Waals surface area contributed by atoms with Gasteiger partial charge in [-0.1, -0.05) is 7.43 Å². The molecule has 1 spiro atoms. The minimum Gasteiger partial charge on any atom is -0.389 e. The maximum atomic E-state index is 14.5. The van der Waals surface area contributed by atoms with E-state index >= 15 is 0 Å². The predicted molar refractivity (Wildman–Crippen MR) is 108 cm³/mol. The van der Waals surface area contributed by atoms with Gasteiger partial charge < -0.3 is 15.3 Å². The first kappa shape index (κ1) is 21.1. The van der Waals surface area contributed by atoms with Crippen LogP contribution in [0.1, 0.15) is 21.7 Å². The van der Waals surface area contributed by atoms with Gasteiger partial charge in [-0.3, -0.25) is 15.1 Å². The van der Waals surface area contributed by atoms with Gasteiger partial charge in [-0.25, -0.2) is 8.78 Å². The normalized spacial score (nSPS) is 20.6. The van der Waals surface area contributed by atoms with Crippen molar-refractivity contribution in [2.24, 2.45) is 11.3 Å². The van der Waals surface area contributed by atoms with Crippen LogP contribution in [-0.4, -0.2) is 60.0 Å². The maximum absolute atomic E-state index is 14.5. The number of carbonyl (C=O) groups is 1. The van der Waals surface area contributed by atoms with E-state index in [9.17, 15) is 23.9 Å². The molecule has 3 N–H and O–H groups in total. The van der Waals surface area contributed by atoms with Crippen LogP contribution in [0.15, 0.2) is 12.1 Å². The van der Waals surface area contributed by atoms with Crippen LogP contribution in [0.5, 0.6) is 0 Å². The average molecular weight is 418 g/mol. The number of carbonyl (C=O) groups excluding carboxylic acids is 1. The monoisotopic (exact) mass is 417 g/mol. The molecule has 3 fully saturated rings. The van der Waals surface area contributed by atoms with Gasteiger partial charge in [0, 0.05) is 56.0 Å².